The van der Waals surface area contributed by atoms with Gasteiger partial charge in [0.05, 0.1) is 41.1 Å². The Hall–Kier alpha value is 0.190. The Morgan fingerprint density at radius 1 is 1.25 bits per heavy atom. The lowest BCUT2D eigenvalue weighted by molar-refractivity contribution is -0.849. The third kappa shape index (κ3) is 84.6. The lowest BCUT2D eigenvalue weighted by Crippen LogP contribution is -2.27. The quantitative estimate of drug-likeness (QED) is 0.481. The van der Waals surface area contributed by atoms with Crippen LogP contribution in [0.1, 0.15) is 0 Å². The van der Waals surface area contributed by atoms with Crippen molar-refractivity contribution in [3.05, 3.63) is 0 Å². The molecule has 0 rings (SSSR count). The van der Waals surface area contributed by atoms with Gasteiger partial charge in [-0.3, -0.25) is 0 Å². The summed E-state index contributed by atoms with van der Waals surface area (Å²) in [7, 11) is 8.50. The summed E-state index contributed by atoms with van der Waals surface area (Å²) in [6, 6.07) is 0. The van der Waals surface area contributed by atoms with Gasteiger partial charge in [-0.25, -0.2) is 0 Å². The van der Waals surface area contributed by atoms with Crippen molar-refractivity contribution in [2.45, 2.75) is 0 Å². The molecule has 0 fully saturated rings. The molecule has 4 nitrogen and oxygen atoms in total. The maximum Gasteiger partial charge on any atom is 0.128 e. The van der Waals surface area contributed by atoms with Gasteiger partial charge in [0.2, 0.25) is 0 Å². The van der Waals surface area contributed by atoms with Gasteiger partial charge in [0.1, 0.15) is 5.75 Å². The van der Waals surface area contributed by atoms with Gasteiger partial charge in [0, 0.05) is 0 Å². The van der Waals surface area contributed by atoms with Crippen molar-refractivity contribution < 1.29 is 19.6 Å². The van der Waals surface area contributed by atoms with Crippen LogP contribution in [0.15, 0.2) is 0 Å². The van der Waals surface area contributed by atoms with Crippen molar-refractivity contribution in [2.75, 3.05) is 46.8 Å². The van der Waals surface area contributed by atoms with Gasteiger partial charge in [0.25, 0.3) is 0 Å². The number of quaternary nitrogens is 1. The molecule has 0 aliphatic heterocycles. The van der Waals surface area contributed by atoms with Crippen LogP contribution in [0.4, 0.5) is 0 Å². The zero-order valence-corrected chi connectivity index (χ0v) is 9.39. The third-order valence-corrected chi connectivity index (χ3v) is 1.14. The third-order valence-electron chi connectivity index (χ3n) is 0.379. The number of nitrogens with zero attached hydrogens (tertiary/aromatic N) is 1. The molecule has 12 heavy (non-hydrogen) atoms. The Morgan fingerprint density at radius 2 is 1.50 bits per heavy atom. The molecule has 0 bridgehead atoms. The molecule has 0 radical (unpaired) electrons. The van der Waals surface area contributed by atoms with Crippen LogP contribution in [0.5, 0.6) is 0 Å². The van der Waals surface area contributed by atoms with Gasteiger partial charge < -0.3 is 19.6 Å². The number of hydrogen-bond acceptors (Lipinski definition) is 3. The minimum atomic E-state index is -0.816. The fourth-order valence-corrected chi connectivity index (χ4v) is 0.386. The van der Waals surface area contributed by atoms with E-state index in [-0.39, 0.29) is 12.1 Å². The number of aliphatic hydroxyl groups excluding tert-OH is 1. The first-order valence-corrected chi connectivity index (χ1v) is 5.20. The SMILES string of the molecule is C[N+](C)(C)C.C[S+]([O-])CCO.[OH-]. The molecule has 0 aromatic heterocycles. The highest BCUT2D eigenvalue weighted by molar-refractivity contribution is 7.90. The first-order chi connectivity index (χ1) is 4.77. The maximum atomic E-state index is 9.99. The Labute approximate surface area is 78.3 Å². The average molecular weight is 199 g/mol. The molecule has 0 spiro atoms. The molecule has 0 aliphatic carbocycles. The van der Waals surface area contributed by atoms with E-state index < -0.39 is 11.2 Å². The number of rotatable bonds is 2. The predicted molar refractivity (Wildman–Crippen MR) is 51.9 cm³/mol. The normalized spacial score (nSPS) is 12.2. The molecule has 0 amide bonds. The Kier molecular flexibility index (Phi) is 14.0. The smallest absolute Gasteiger partial charge is 0.128 e. The van der Waals surface area contributed by atoms with E-state index in [9.17, 15) is 4.55 Å². The van der Waals surface area contributed by atoms with Crippen LogP contribution in [0.25, 0.3) is 0 Å². The topological polar surface area (TPSA) is 73.3 Å². The molecule has 1 atom stereocenters. The fraction of sp³-hybridized carbons (Fsp3) is 1.00. The molecule has 2 N–H and O–H groups in total. The molecule has 5 heteroatoms. The molecule has 0 aliphatic rings. The van der Waals surface area contributed by atoms with Crippen molar-refractivity contribution in [2.24, 2.45) is 0 Å². The Bertz CT molecular complexity index is 77.2. The van der Waals surface area contributed by atoms with E-state index in [0.717, 1.165) is 4.48 Å². The minimum Gasteiger partial charge on any atom is -0.870 e. The molecule has 0 aromatic carbocycles. The van der Waals surface area contributed by atoms with E-state index in [1.165, 1.54) is 0 Å². The first-order valence-electron chi connectivity index (χ1n) is 3.47. The van der Waals surface area contributed by atoms with E-state index in [4.69, 9.17) is 5.11 Å². The van der Waals surface area contributed by atoms with Crippen molar-refractivity contribution in [3.8, 4) is 0 Å². The second kappa shape index (κ2) is 9.28. The summed E-state index contributed by atoms with van der Waals surface area (Å²) >= 11 is -0.816. The van der Waals surface area contributed by atoms with E-state index in [1.54, 1.807) is 6.26 Å². The molecular weight excluding hydrogens is 178 g/mol. The maximum absolute atomic E-state index is 9.99. The molecular formula is C7H21NO3S. The van der Waals surface area contributed by atoms with Crippen molar-refractivity contribution in [1.29, 1.82) is 0 Å². The van der Waals surface area contributed by atoms with E-state index in [0.29, 0.717) is 5.75 Å². The highest BCUT2D eigenvalue weighted by Crippen LogP contribution is 1.76. The molecule has 78 valence electrons. The number of hydrogen-bond donors (Lipinski definition) is 1. The minimum absolute atomic E-state index is 0. The summed E-state index contributed by atoms with van der Waals surface area (Å²) in [6.07, 6.45) is 1.57. The van der Waals surface area contributed by atoms with Crippen LogP contribution >= 0.6 is 0 Å². The summed E-state index contributed by atoms with van der Waals surface area (Å²) in [5.41, 5.74) is 0. The van der Waals surface area contributed by atoms with Gasteiger partial charge in [0.15, 0.2) is 0 Å². The lowest BCUT2D eigenvalue weighted by atomic mass is 10.8. The summed E-state index contributed by atoms with van der Waals surface area (Å²) < 4.78 is 11.0. The monoisotopic (exact) mass is 199 g/mol. The zero-order chi connectivity index (χ0) is 9.49. The van der Waals surface area contributed by atoms with Crippen molar-refractivity contribution >= 4 is 11.2 Å². The van der Waals surface area contributed by atoms with Gasteiger partial charge >= 0.3 is 0 Å². The van der Waals surface area contributed by atoms with Crippen LogP contribution in [-0.2, 0) is 11.2 Å². The van der Waals surface area contributed by atoms with Crippen LogP contribution in [0.3, 0.4) is 0 Å². The predicted octanol–water partition coefficient (Wildman–Crippen LogP) is -0.497. The summed E-state index contributed by atoms with van der Waals surface area (Å²) in [5, 5.41) is 8.04. The molecule has 0 saturated heterocycles. The largest absolute Gasteiger partial charge is 0.870 e. The summed E-state index contributed by atoms with van der Waals surface area (Å²) in [4.78, 5) is 0. The van der Waals surface area contributed by atoms with Gasteiger partial charge in [-0.05, 0) is 0 Å². The molecule has 1 unspecified atom stereocenters. The highest BCUT2D eigenvalue weighted by Gasteiger charge is 1.89. The van der Waals surface area contributed by atoms with Crippen LogP contribution in [-0.4, -0.2) is 66.4 Å². The summed E-state index contributed by atoms with van der Waals surface area (Å²) in [5.74, 6) is 0.403. The van der Waals surface area contributed by atoms with Gasteiger partial charge in [-0.15, -0.1) is 0 Å². The Balaban J connectivity index is -0.000000126. The van der Waals surface area contributed by atoms with Crippen molar-refractivity contribution in [1.82, 2.24) is 0 Å². The lowest BCUT2D eigenvalue weighted by Gasteiger charge is -2.14. The van der Waals surface area contributed by atoms with Crippen LogP contribution < -0.4 is 0 Å². The highest BCUT2D eigenvalue weighted by atomic mass is 32.2. The van der Waals surface area contributed by atoms with Crippen molar-refractivity contribution in [3.63, 3.8) is 0 Å². The molecule has 0 heterocycles. The van der Waals surface area contributed by atoms with Crippen LogP contribution in [0.2, 0.25) is 0 Å². The summed E-state index contributed by atoms with van der Waals surface area (Å²) in [6.45, 7) is 0.0309. The van der Waals surface area contributed by atoms with Gasteiger partial charge in [-0.1, -0.05) is 11.2 Å². The number of aliphatic hydroxyl groups is 1. The second-order valence-electron chi connectivity index (χ2n) is 3.68. The second-order valence-corrected chi connectivity index (χ2v) is 5.24. The van der Waals surface area contributed by atoms with E-state index in [1.807, 2.05) is 0 Å². The fourth-order valence-electron chi connectivity index (χ4n) is 0.129. The standard InChI is InChI=1S/C4H12N.C3H8O2S.H2O/c1-5(2,3)4;1-6(5)3-2-4;/h1-4H3;4H,2-3H2,1H3;1H2/q+1;;/p-1. The average Bonchev–Trinajstić information content (AvgIpc) is 1.58. The van der Waals surface area contributed by atoms with E-state index >= 15 is 0 Å². The Morgan fingerprint density at radius 3 is 1.50 bits per heavy atom. The van der Waals surface area contributed by atoms with Crippen LogP contribution in [0, 0.1) is 0 Å². The molecule has 0 saturated carbocycles. The first kappa shape index (κ1) is 18.1. The molecule has 0 aromatic rings. The zero-order valence-electron chi connectivity index (χ0n) is 8.57. The van der Waals surface area contributed by atoms with Gasteiger partial charge in [-0.2, -0.15) is 0 Å². The van der Waals surface area contributed by atoms with E-state index in [2.05, 4.69) is 28.2 Å².